The van der Waals surface area contributed by atoms with Gasteiger partial charge in [-0.1, -0.05) is 49.0 Å². The lowest BCUT2D eigenvalue weighted by atomic mass is 9.79. The summed E-state index contributed by atoms with van der Waals surface area (Å²) in [7, 11) is 1.92. The summed E-state index contributed by atoms with van der Waals surface area (Å²) in [5.74, 6) is 0.805. The first kappa shape index (κ1) is 14.9. The molecule has 6 nitrogen and oxygen atoms in total. The van der Waals surface area contributed by atoms with Crippen molar-refractivity contribution in [2.24, 2.45) is 12.1 Å². The molecule has 26 heavy (non-hydrogen) atoms. The van der Waals surface area contributed by atoms with Crippen LogP contribution in [0.4, 0.5) is 5.69 Å². The highest BCUT2D eigenvalue weighted by molar-refractivity contribution is 6.15. The Balaban J connectivity index is 1.76. The van der Waals surface area contributed by atoms with E-state index in [0.29, 0.717) is 0 Å². The summed E-state index contributed by atoms with van der Waals surface area (Å²) in [6, 6.07) is 16.6. The number of anilines is 1. The second-order valence-corrected chi connectivity index (χ2v) is 6.57. The molecule has 3 heterocycles. The number of benzene rings is 2. The molecule has 2 aliphatic rings. The summed E-state index contributed by atoms with van der Waals surface area (Å²) in [6.45, 7) is 4.09. The van der Waals surface area contributed by atoms with Crippen LogP contribution in [0, 0.1) is 0 Å². The number of rotatable bonds is 2. The van der Waals surface area contributed by atoms with Gasteiger partial charge in [-0.25, -0.2) is 4.98 Å². The van der Waals surface area contributed by atoms with Crippen LogP contribution in [-0.2, 0) is 7.05 Å². The van der Waals surface area contributed by atoms with Gasteiger partial charge in [-0.3, -0.25) is 10.1 Å². The zero-order valence-corrected chi connectivity index (χ0v) is 14.3. The van der Waals surface area contributed by atoms with Crippen molar-refractivity contribution in [3.8, 4) is 0 Å². The Morgan fingerprint density at radius 1 is 1.08 bits per heavy atom. The molecule has 0 spiro atoms. The van der Waals surface area contributed by atoms with Crippen molar-refractivity contribution in [2.75, 3.05) is 5.32 Å². The number of hydrazone groups is 1. The molecule has 0 amide bonds. The minimum atomic E-state index is -0.0702. The van der Waals surface area contributed by atoms with Gasteiger partial charge in [-0.05, 0) is 11.6 Å². The largest absolute Gasteiger partial charge is 0.377 e. The standard InChI is InChI=1S/C20H18N6/c1-12-14-9-6-10-15-16(14)19(25-24-12)17(20-21-11-22-26(20)2)18(23-15)13-7-4-3-5-8-13/h3-11,17-18,23-24H,1H2,2H3. The Hall–Kier alpha value is -3.41. The maximum absolute atomic E-state index is 4.68. The van der Waals surface area contributed by atoms with Crippen LogP contribution in [0.15, 0.2) is 66.5 Å². The molecule has 3 aromatic rings. The summed E-state index contributed by atoms with van der Waals surface area (Å²) in [5.41, 5.74) is 9.28. The monoisotopic (exact) mass is 342 g/mol. The van der Waals surface area contributed by atoms with Crippen molar-refractivity contribution in [1.29, 1.82) is 0 Å². The van der Waals surface area contributed by atoms with E-state index < -0.39 is 0 Å². The molecule has 2 unspecified atom stereocenters. The predicted molar refractivity (Wildman–Crippen MR) is 102 cm³/mol. The van der Waals surface area contributed by atoms with Crippen LogP contribution >= 0.6 is 0 Å². The fraction of sp³-hybridized carbons (Fsp3) is 0.150. The summed E-state index contributed by atoms with van der Waals surface area (Å²) >= 11 is 0. The lowest BCUT2D eigenvalue weighted by Crippen LogP contribution is -2.37. The van der Waals surface area contributed by atoms with Crippen molar-refractivity contribution in [2.45, 2.75) is 12.0 Å². The number of aromatic nitrogens is 3. The van der Waals surface area contributed by atoms with Crippen molar-refractivity contribution in [3.05, 3.63) is 84.0 Å². The van der Waals surface area contributed by atoms with Gasteiger partial charge in [0.05, 0.1) is 23.4 Å². The number of aryl methyl sites for hydroxylation is 1. The number of hydrogen-bond acceptors (Lipinski definition) is 5. The van der Waals surface area contributed by atoms with E-state index in [1.807, 2.05) is 23.9 Å². The molecule has 1 aromatic heterocycles. The van der Waals surface area contributed by atoms with Gasteiger partial charge in [0.2, 0.25) is 0 Å². The molecule has 128 valence electrons. The van der Waals surface area contributed by atoms with Crippen LogP contribution in [0.2, 0.25) is 0 Å². The normalized spacial score (nSPS) is 20.7. The summed E-state index contributed by atoms with van der Waals surface area (Å²) < 4.78 is 1.82. The minimum absolute atomic E-state index is 0.00812. The SMILES string of the molecule is C=C1NN=C2c3c(cccc31)NC(c1ccccc1)C2c1ncnn1C. The van der Waals surface area contributed by atoms with Crippen LogP contribution < -0.4 is 10.7 Å². The van der Waals surface area contributed by atoms with Crippen molar-refractivity contribution >= 4 is 17.1 Å². The Kier molecular flexibility index (Phi) is 3.18. The molecule has 0 saturated carbocycles. The van der Waals surface area contributed by atoms with Gasteiger partial charge in [0.15, 0.2) is 0 Å². The van der Waals surface area contributed by atoms with Crippen LogP contribution in [0.1, 0.15) is 34.5 Å². The summed E-state index contributed by atoms with van der Waals surface area (Å²) in [5, 5.41) is 12.7. The maximum atomic E-state index is 4.68. The summed E-state index contributed by atoms with van der Waals surface area (Å²) in [4.78, 5) is 4.54. The molecule has 2 aromatic carbocycles. The number of hydrogen-bond donors (Lipinski definition) is 2. The highest BCUT2D eigenvalue weighted by Gasteiger charge is 2.41. The van der Waals surface area contributed by atoms with Gasteiger partial charge in [0.25, 0.3) is 0 Å². The van der Waals surface area contributed by atoms with E-state index in [1.54, 1.807) is 6.33 Å². The zero-order chi connectivity index (χ0) is 17.7. The first-order valence-electron chi connectivity index (χ1n) is 8.55. The van der Waals surface area contributed by atoms with Gasteiger partial charge in [-0.15, -0.1) is 0 Å². The van der Waals surface area contributed by atoms with E-state index in [4.69, 9.17) is 0 Å². The van der Waals surface area contributed by atoms with Gasteiger partial charge in [-0.2, -0.15) is 10.2 Å². The molecule has 6 heteroatoms. The fourth-order valence-corrected chi connectivity index (χ4v) is 3.87. The lowest BCUT2D eigenvalue weighted by Gasteiger charge is -2.38. The third-order valence-electron chi connectivity index (χ3n) is 5.08. The molecule has 0 saturated heterocycles. The van der Waals surface area contributed by atoms with Crippen molar-refractivity contribution in [1.82, 2.24) is 20.2 Å². The van der Waals surface area contributed by atoms with Gasteiger partial charge in [0, 0.05) is 23.9 Å². The van der Waals surface area contributed by atoms with E-state index >= 15 is 0 Å². The molecule has 0 fully saturated rings. The maximum Gasteiger partial charge on any atom is 0.138 e. The molecule has 0 radical (unpaired) electrons. The third kappa shape index (κ3) is 2.08. The first-order valence-corrected chi connectivity index (χ1v) is 8.55. The minimum Gasteiger partial charge on any atom is -0.377 e. The highest BCUT2D eigenvalue weighted by atomic mass is 15.3. The average molecular weight is 342 g/mol. The van der Waals surface area contributed by atoms with Gasteiger partial charge >= 0.3 is 0 Å². The summed E-state index contributed by atoms with van der Waals surface area (Å²) in [6.07, 6.45) is 1.59. The van der Waals surface area contributed by atoms with E-state index in [0.717, 1.165) is 34.0 Å². The molecular formula is C20H18N6. The lowest BCUT2D eigenvalue weighted by molar-refractivity contribution is 0.608. The van der Waals surface area contributed by atoms with Gasteiger partial charge < -0.3 is 5.32 Å². The Morgan fingerprint density at radius 2 is 1.92 bits per heavy atom. The van der Waals surface area contributed by atoms with Crippen molar-refractivity contribution < 1.29 is 0 Å². The fourth-order valence-electron chi connectivity index (χ4n) is 3.87. The molecule has 0 aliphatic carbocycles. The average Bonchev–Trinajstić information content (AvgIpc) is 3.10. The van der Waals surface area contributed by atoms with E-state index in [9.17, 15) is 0 Å². The van der Waals surface area contributed by atoms with Crippen LogP contribution in [-0.4, -0.2) is 20.5 Å². The van der Waals surface area contributed by atoms with Gasteiger partial charge in [0.1, 0.15) is 12.2 Å². The van der Waals surface area contributed by atoms with Crippen LogP contribution in [0.5, 0.6) is 0 Å². The van der Waals surface area contributed by atoms with E-state index in [2.05, 4.69) is 68.9 Å². The molecule has 2 N–H and O–H groups in total. The topological polar surface area (TPSA) is 67.1 Å². The zero-order valence-electron chi connectivity index (χ0n) is 14.3. The van der Waals surface area contributed by atoms with E-state index in [1.165, 1.54) is 5.56 Å². The highest BCUT2D eigenvalue weighted by Crippen LogP contribution is 2.44. The quantitative estimate of drug-likeness (QED) is 0.751. The van der Waals surface area contributed by atoms with Crippen LogP contribution in [0.3, 0.4) is 0 Å². The Labute approximate surface area is 151 Å². The number of nitrogens with zero attached hydrogens (tertiary/aromatic N) is 4. The molecule has 5 rings (SSSR count). The smallest absolute Gasteiger partial charge is 0.138 e. The molecule has 2 aliphatic heterocycles. The van der Waals surface area contributed by atoms with E-state index in [-0.39, 0.29) is 12.0 Å². The third-order valence-corrected chi connectivity index (χ3v) is 5.08. The molecule has 0 bridgehead atoms. The Bertz CT molecular complexity index is 1030. The molecule has 2 atom stereocenters. The predicted octanol–water partition coefficient (Wildman–Crippen LogP) is 3.04. The molecular weight excluding hydrogens is 324 g/mol. The second kappa shape index (κ2) is 5.56. The van der Waals surface area contributed by atoms with Crippen molar-refractivity contribution in [3.63, 3.8) is 0 Å². The second-order valence-electron chi connectivity index (χ2n) is 6.57. The Morgan fingerprint density at radius 3 is 2.69 bits per heavy atom. The van der Waals surface area contributed by atoms with Crippen LogP contribution in [0.25, 0.3) is 5.70 Å². The first-order chi connectivity index (χ1) is 12.7. The number of nitrogens with one attached hydrogen (secondary N) is 2.